The quantitative estimate of drug-likeness (QED) is 0.747. The first-order valence-corrected chi connectivity index (χ1v) is 8.56. The number of likely N-dealkylation sites (tertiary alicyclic amines) is 1. The van der Waals surface area contributed by atoms with E-state index in [2.05, 4.69) is 37.7 Å². The van der Waals surface area contributed by atoms with Crippen molar-refractivity contribution >= 4 is 5.91 Å². The third kappa shape index (κ3) is 6.79. The fraction of sp³-hybridized carbons (Fsp3) is 0.941. The van der Waals surface area contributed by atoms with Crippen molar-refractivity contribution in [3.05, 3.63) is 0 Å². The van der Waals surface area contributed by atoms with Crippen LogP contribution in [0.2, 0.25) is 0 Å². The molecule has 0 aromatic carbocycles. The smallest absolute Gasteiger partial charge is 0.222 e. The Hall–Kier alpha value is -0.610. The lowest BCUT2D eigenvalue weighted by Crippen LogP contribution is -2.40. The van der Waals surface area contributed by atoms with Gasteiger partial charge in [0.05, 0.1) is 0 Å². The third-order valence-electron chi connectivity index (χ3n) is 4.80. The number of nitrogens with two attached hydrogens (primary N) is 1. The average molecular weight is 297 g/mol. The summed E-state index contributed by atoms with van der Waals surface area (Å²) < 4.78 is 0. The van der Waals surface area contributed by atoms with Gasteiger partial charge in [0.15, 0.2) is 0 Å². The van der Waals surface area contributed by atoms with Gasteiger partial charge in [-0.3, -0.25) is 4.79 Å². The van der Waals surface area contributed by atoms with E-state index in [1.165, 1.54) is 0 Å². The highest BCUT2D eigenvalue weighted by Gasteiger charge is 2.23. The lowest BCUT2D eigenvalue weighted by Gasteiger charge is -2.33. The number of carbonyl (C=O) groups is 1. The molecule has 1 aliphatic heterocycles. The highest BCUT2D eigenvalue weighted by molar-refractivity contribution is 5.76. The van der Waals surface area contributed by atoms with Crippen LogP contribution in [0.1, 0.15) is 46.0 Å². The number of carbonyl (C=O) groups excluding carboxylic acids is 1. The topological polar surface area (TPSA) is 49.6 Å². The maximum atomic E-state index is 12.3. The highest BCUT2D eigenvalue weighted by atomic mass is 16.2. The van der Waals surface area contributed by atoms with Crippen LogP contribution in [0.4, 0.5) is 0 Å². The van der Waals surface area contributed by atoms with Gasteiger partial charge in [0.1, 0.15) is 0 Å². The van der Waals surface area contributed by atoms with Crippen LogP contribution in [0.25, 0.3) is 0 Å². The van der Waals surface area contributed by atoms with Gasteiger partial charge >= 0.3 is 0 Å². The minimum atomic E-state index is 0.348. The fourth-order valence-electron chi connectivity index (χ4n) is 3.37. The van der Waals surface area contributed by atoms with Gasteiger partial charge in [-0.15, -0.1) is 0 Å². The summed E-state index contributed by atoms with van der Waals surface area (Å²) in [5.41, 5.74) is 5.67. The zero-order valence-electron chi connectivity index (χ0n) is 14.5. The van der Waals surface area contributed by atoms with Crippen molar-refractivity contribution in [3.8, 4) is 0 Å². The molecule has 0 aliphatic carbocycles. The summed E-state index contributed by atoms with van der Waals surface area (Å²) in [4.78, 5) is 16.7. The van der Waals surface area contributed by atoms with E-state index in [0.29, 0.717) is 24.2 Å². The molecule has 2 N–H and O–H groups in total. The summed E-state index contributed by atoms with van der Waals surface area (Å²) in [6.07, 6.45) is 5.03. The maximum absolute atomic E-state index is 12.3. The van der Waals surface area contributed by atoms with Crippen LogP contribution in [0.3, 0.4) is 0 Å². The molecule has 0 radical (unpaired) electrons. The van der Waals surface area contributed by atoms with Crippen LogP contribution in [0, 0.1) is 17.8 Å². The molecule has 1 aliphatic rings. The summed E-state index contributed by atoms with van der Waals surface area (Å²) >= 11 is 0. The molecule has 1 unspecified atom stereocenters. The van der Waals surface area contributed by atoms with Crippen molar-refractivity contribution in [3.63, 3.8) is 0 Å². The van der Waals surface area contributed by atoms with Gasteiger partial charge in [-0.2, -0.15) is 0 Å². The van der Waals surface area contributed by atoms with E-state index in [0.717, 1.165) is 57.8 Å². The monoisotopic (exact) mass is 297 g/mol. The molecule has 0 spiro atoms. The Bertz CT molecular complexity index is 296. The van der Waals surface area contributed by atoms with E-state index in [1.54, 1.807) is 0 Å². The molecule has 0 aromatic heterocycles. The number of amides is 1. The summed E-state index contributed by atoms with van der Waals surface area (Å²) in [7, 11) is 4.25. The molecule has 1 saturated heterocycles. The third-order valence-corrected chi connectivity index (χ3v) is 4.80. The Morgan fingerprint density at radius 2 is 1.86 bits per heavy atom. The number of rotatable bonds is 8. The van der Waals surface area contributed by atoms with Crippen LogP contribution in [-0.2, 0) is 4.79 Å². The van der Waals surface area contributed by atoms with Crippen molar-refractivity contribution in [1.29, 1.82) is 0 Å². The Morgan fingerprint density at radius 1 is 1.24 bits per heavy atom. The van der Waals surface area contributed by atoms with Gasteiger partial charge in [-0.1, -0.05) is 13.8 Å². The molecule has 1 heterocycles. The van der Waals surface area contributed by atoms with E-state index >= 15 is 0 Å². The van der Waals surface area contributed by atoms with Gasteiger partial charge in [0.2, 0.25) is 5.91 Å². The van der Waals surface area contributed by atoms with Gasteiger partial charge in [-0.25, -0.2) is 0 Å². The maximum Gasteiger partial charge on any atom is 0.222 e. The summed E-state index contributed by atoms with van der Waals surface area (Å²) in [6, 6.07) is 0. The van der Waals surface area contributed by atoms with Gasteiger partial charge < -0.3 is 15.5 Å². The Kier molecular flexibility index (Phi) is 8.27. The molecule has 1 fully saturated rings. The summed E-state index contributed by atoms with van der Waals surface area (Å²) in [6.45, 7) is 8.23. The van der Waals surface area contributed by atoms with Crippen molar-refractivity contribution in [2.24, 2.45) is 23.5 Å². The van der Waals surface area contributed by atoms with Crippen LogP contribution < -0.4 is 5.73 Å². The number of nitrogens with zero attached hydrogens (tertiary/aromatic N) is 2. The molecule has 21 heavy (non-hydrogen) atoms. The largest absolute Gasteiger partial charge is 0.343 e. The van der Waals surface area contributed by atoms with Crippen molar-refractivity contribution in [1.82, 2.24) is 9.80 Å². The molecule has 1 amide bonds. The van der Waals surface area contributed by atoms with Gasteiger partial charge in [-0.05, 0) is 64.1 Å². The highest BCUT2D eigenvalue weighted by Crippen LogP contribution is 2.23. The molecule has 0 saturated carbocycles. The number of hydrogen-bond donors (Lipinski definition) is 1. The summed E-state index contributed by atoms with van der Waals surface area (Å²) in [5.74, 6) is 2.31. The molecule has 4 heteroatoms. The van der Waals surface area contributed by atoms with Crippen LogP contribution in [-0.4, -0.2) is 56.0 Å². The minimum Gasteiger partial charge on any atom is -0.343 e. The standard InChI is InChI=1S/C17H35N3O/c1-14(2)16(7-10-18)5-6-17(21)20-11-8-15(9-12-20)13-19(3)4/h14-16H,5-13,18H2,1-4H3. The Labute approximate surface area is 131 Å². The first-order valence-electron chi connectivity index (χ1n) is 8.56. The Balaban J connectivity index is 2.30. The molecular formula is C17H35N3O. The van der Waals surface area contributed by atoms with Crippen LogP contribution >= 0.6 is 0 Å². The minimum absolute atomic E-state index is 0.348. The van der Waals surface area contributed by atoms with Gasteiger partial charge in [0.25, 0.3) is 0 Å². The van der Waals surface area contributed by atoms with E-state index in [4.69, 9.17) is 5.73 Å². The summed E-state index contributed by atoms with van der Waals surface area (Å²) in [5, 5.41) is 0. The normalized spacial score (nSPS) is 18.5. The second kappa shape index (κ2) is 9.42. The first kappa shape index (κ1) is 18.4. The van der Waals surface area contributed by atoms with E-state index in [-0.39, 0.29) is 0 Å². The molecular weight excluding hydrogens is 262 g/mol. The van der Waals surface area contributed by atoms with E-state index in [9.17, 15) is 4.79 Å². The lowest BCUT2D eigenvalue weighted by atomic mass is 9.88. The molecule has 0 bridgehead atoms. The Morgan fingerprint density at radius 3 is 2.33 bits per heavy atom. The molecule has 0 aromatic rings. The van der Waals surface area contributed by atoms with Crippen LogP contribution in [0.15, 0.2) is 0 Å². The van der Waals surface area contributed by atoms with E-state index in [1.807, 2.05) is 0 Å². The SMILES string of the molecule is CC(C)C(CCN)CCC(=O)N1CCC(CN(C)C)CC1. The predicted molar refractivity (Wildman–Crippen MR) is 89.1 cm³/mol. The molecule has 1 rings (SSSR count). The van der Waals surface area contributed by atoms with Crippen molar-refractivity contribution in [2.75, 3.05) is 40.3 Å². The van der Waals surface area contributed by atoms with Crippen LogP contribution in [0.5, 0.6) is 0 Å². The molecule has 1 atom stereocenters. The number of hydrogen-bond acceptors (Lipinski definition) is 3. The van der Waals surface area contributed by atoms with Crippen molar-refractivity contribution in [2.45, 2.75) is 46.0 Å². The number of piperidine rings is 1. The second-order valence-corrected chi connectivity index (χ2v) is 7.21. The average Bonchev–Trinajstić information content (AvgIpc) is 2.43. The van der Waals surface area contributed by atoms with E-state index < -0.39 is 0 Å². The zero-order chi connectivity index (χ0) is 15.8. The lowest BCUT2D eigenvalue weighted by molar-refractivity contribution is -0.133. The molecule has 124 valence electrons. The van der Waals surface area contributed by atoms with Gasteiger partial charge in [0, 0.05) is 26.1 Å². The van der Waals surface area contributed by atoms with Crippen molar-refractivity contribution < 1.29 is 4.79 Å². The fourth-order valence-corrected chi connectivity index (χ4v) is 3.37. The second-order valence-electron chi connectivity index (χ2n) is 7.21. The molecule has 4 nitrogen and oxygen atoms in total. The predicted octanol–water partition coefficient (Wildman–Crippen LogP) is 2.19. The zero-order valence-corrected chi connectivity index (χ0v) is 14.5. The first-order chi connectivity index (χ1) is 9.93.